The van der Waals surface area contributed by atoms with E-state index in [1.54, 1.807) is 6.92 Å². The van der Waals surface area contributed by atoms with Gasteiger partial charge in [0.25, 0.3) is 0 Å². The van der Waals surface area contributed by atoms with Crippen LogP contribution < -0.4 is 11.1 Å². The van der Waals surface area contributed by atoms with E-state index in [1.165, 1.54) is 12.1 Å². The van der Waals surface area contributed by atoms with Crippen LogP contribution in [-0.4, -0.2) is 18.5 Å². The second-order valence-corrected chi connectivity index (χ2v) is 4.72. The van der Waals surface area contributed by atoms with Crippen molar-refractivity contribution in [1.29, 1.82) is 0 Å². The number of nitrogens with two attached hydrogens (primary N) is 1. The van der Waals surface area contributed by atoms with Crippen LogP contribution in [-0.2, 0) is 4.79 Å². The van der Waals surface area contributed by atoms with Gasteiger partial charge in [0.2, 0.25) is 5.91 Å². The van der Waals surface area contributed by atoms with Gasteiger partial charge in [-0.25, -0.2) is 8.78 Å². The number of carbonyl (C=O) groups is 1. The predicted molar refractivity (Wildman–Crippen MR) is 64.1 cm³/mol. The van der Waals surface area contributed by atoms with Crippen LogP contribution in [0.1, 0.15) is 29.9 Å². The van der Waals surface area contributed by atoms with Crippen LogP contribution in [0.5, 0.6) is 0 Å². The number of hydrogen-bond acceptors (Lipinski definition) is 2. The Bertz CT molecular complexity index is 476. The minimum atomic E-state index is -0.548. The summed E-state index contributed by atoms with van der Waals surface area (Å²) in [7, 11) is 0. The number of benzene rings is 1. The molecule has 1 amide bonds. The molecule has 3 N–H and O–H groups in total. The van der Waals surface area contributed by atoms with Crippen molar-refractivity contribution in [3.63, 3.8) is 0 Å². The van der Waals surface area contributed by atoms with Crippen LogP contribution in [0.25, 0.3) is 0 Å². The maximum Gasteiger partial charge on any atom is 0.234 e. The molecule has 0 spiro atoms. The third-order valence-electron chi connectivity index (χ3n) is 3.48. The van der Waals surface area contributed by atoms with Gasteiger partial charge in [-0.1, -0.05) is 6.07 Å². The molecule has 1 saturated heterocycles. The molecule has 1 aliphatic rings. The maximum atomic E-state index is 14.0. The third-order valence-corrected chi connectivity index (χ3v) is 3.48. The molecule has 1 aromatic carbocycles. The number of hydrogen-bond donors (Lipinski definition) is 2. The largest absolute Gasteiger partial charge is 0.368 e. The van der Waals surface area contributed by atoms with Gasteiger partial charge in [-0.05, 0) is 43.9 Å². The van der Waals surface area contributed by atoms with E-state index in [0.29, 0.717) is 24.9 Å². The Morgan fingerprint density at radius 1 is 1.44 bits per heavy atom. The van der Waals surface area contributed by atoms with Crippen LogP contribution in [0.4, 0.5) is 8.78 Å². The molecule has 3 nitrogen and oxygen atoms in total. The minimum Gasteiger partial charge on any atom is -0.368 e. The summed E-state index contributed by atoms with van der Waals surface area (Å²) in [5, 5.41) is 2.95. The lowest BCUT2D eigenvalue weighted by Gasteiger charge is -2.29. The summed E-state index contributed by atoms with van der Waals surface area (Å²) in [5.41, 5.74) is 5.73. The molecule has 2 unspecified atom stereocenters. The fourth-order valence-corrected chi connectivity index (χ4v) is 2.45. The van der Waals surface area contributed by atoms with Gasteiger partial charge in [-0.15, -0.1) is 0 Å². The highest BCUT2D eigenvalue weighted by Crippen LogP contribution is 2.32. The Labute approximate surface area is 104 Å². The van der Waals surface area contributed by atoms with E-state index in [2.05, 4.69) is 5.32 Å². The zero-order valence-corrected chi connectivity index (χ0v) is 10.2. The molecule has 0 aliphatic carbocycles. The number of amides is 1. The normalized spacial score (nSPS) is 23.9. The van der Waals surface area contributed by atoms with Crippen LogP contribution in [0.3, 0.4) is 0 Å². The van der Waals surface area contributed by atoms with Crippen molar-refractivity contribution in [2.24, 2.45) is 5.73 Å². The van der Waals surface area contributed by atoms with Crippen molar-refractivity contribution in [2.75, 3.05) is 6.54 Å². The van der Waals surface area contributed by atoms with E-state index in [9.17, 15) is 13.6 Å². The quantitative estimate of drug-likeness (QED) is 0.842. The second kappa shape index (κ2) is 5.02. The number of piperidine rings is 1. The van der Waals surface area contributed by atoms with Gasteiger partial charge >= 0.3 is 0 Å². The molecule has 98 valence electrons. The molecular formula is C13H16F2N2O. The van der Waals surface area contributed by atoms with E-state index in [0.717, 1.165) is 0 Å². The Hall–Kier alpha value is -1.49. The molecule has 1 heterocycles. The molecule has 0 aromatic heterocycles. The first-order valence-electron chi connectivity index (χ1n) is 5.98. The molecule has 0 bridgehead atoms. The Morgan fingerprint density at radius 2 is 2.17 bits per heavy atom. The highest BCUT2D eigenvalue weighted by Gasteiger charge is 2.30. The summed E-state index contributed by atoms with van der Waals surface area (Å²) in [6.45, 7) is 2.13. The van der Waals surface area contributed by atoms with Crippen molar-refractivity contribution in [3.8, 4) is 0 Å². The zero-order chi connectivity index (χ0) is 13.3. The molecule has 1 aliphatic heterocycles. The first-order valence-corrected chi connectivity index (χ1v) is 5.98. The van der Waals surface area contributed by atoms with E-state index < -0.39 is 23.6 Å². The summed E-state index contributed by atoms with van der Waals surface area (Å²) in [4.78, 5) is 11.1. The first-order chi connectivity index (χ1) is 8.50. The lowest BCUT2D eigenvalue weighted by Crippen LogP contribution is -2.46. The van der Waals surface area contributed by atoms with E-state index in [1.807, 2.05) is 0 Å². The highest BCUT2D eigenvalue weighted by atomic mass is 19.1. The number of nitrogens with one attached hydrogen (secondary N) is 1. The average Bonchev–Trinajstić information content (AvgIpc) is 2.35. The highest BCUT2D eigenvalue weighted by molar-refractivity contribution is 5.80. The predicted octanol–water partition coefficient (Wildman–Crippen LogP) is 1.59. The minimum absolute atomic E-state index is 0.0859. The molecule has 2 rings (SSSR count). The molecule has 2 atom stereocenters. The Balaban J connectivity index is 2.31. The molecule has 1 aromatic rings. The molecule has 1 fully saturated rings. The summed E-state index contributed by atoms with van der Waals surface area (Å²) in [6, 6.07) is 2.18. The molecule has 5 heteroatoms. The van der Waals surface area contributed by atoms with Gasteiger partial charge in [0.15, 0.2) is 0 Å². The summed E-state index contributed by atoms with van der Waals surface area (Å²) < 4.78 is 27.8. The lowest BCUT2D eigenvalue weighted by atomic mass is 9.85. The van der Waals surface area contributed by atoms with E-state index >= 15 is 0 Å². The third kappa shape index (κ3) is 2.36. The van der Waals surface area contributed by atoms with Gasteiger partial charge in [0, 0.05) is 5.56 Å². The van der Waals surface area contributed by atoms with Gasteiger partial charge in [-0.3, -0.25) is 4.79 Å². The van der Waals surface area contributed by atoms with Crippen molar-refractivity contribution in [3.05, 3.63) is 34.9 Å². The SMILES string of the molecule is Cc1ccc(F)c(C2CCNC(C(N)=O)C2)c1F. The maximum absolute atomic E-state index is 14.0. The zero-order valence-electron chi connectivity index (χ0n) is 10.2. The van der Waals surface area contributed by atoms with Crippen molar-refractivity contribution >= 4 is 5.91 Å². The van der Waals surface area contributed by atoms with Crippen molar-refractivity contribution in [2.45, 2.75) is 31.7 Å². The van der Waals surface area contributed by atoms with Crippen molar-refractivity contribution in [1.82, 2.24) is 5.32 Å². The van der Waals surface area contributed by atoms with Gasteiger partial charge in [0.1, 0.15) is 11.6 Å². The van der Waals surface area contributed by atoms with Crippen LogP contribution >= 0.6 is 0 Å². The van der Waals surface area contributed by atoms with Crippen LogP contribution in [0, 0.1) is 18.6 Å². The second-order valence-electron chi connectivity index (χ2n) is 4.72. The molecular weight excluding hydrogens is 238 g/mol. The smallest absolute Gasteiger partial charge is 0.234 e. The van der Waals surface area contributed by atoms with Gasteiger partial charge < -0.3 is 11.1 Å². The topological polar surface area (TPSA) is 55.1 Å². The number of carbonyl (C=O) groups excluding carboxylic acids is 1. The number of halogens is 2. The van der Waals surface area contributed by atoms with Crippen LogP contribution in [0.2, 0.25) is 0 Å². The average molecular weight is 254 g/mol. The molecule has 0 saturated carbocycles. The first kappa shape index (κ1) is 13.0. The van der Waals surface area contributed by atoms with Gasteiger partial charge in [0.05, 0.1) is 6.04 Å². The van der Waals surface area contributed by atoms with Crippen molar-refractivity contribution < 1.29 is 13.6 Å². The monoisotopic (exact) mass is 254 g/mol. The van der Waals surface area contributed by atoms with Gasteiger partial charge in [-0.2, -0.15) is 0 Å². The number of aryl methyl sites for hydroxylation is 1. The van der Waals surface area contributed by atoms with Crippen LogP contribution in [0.15, 0.2) is 12.1 Å². The summed E-state index contributed by atoms with van der Waals surface area (Å²) in [5.74, 6) is -1.84. The Kier molecular flexibility index (Phi) is 3.61. The molecule has 0 radical (unpaired) electrons. The summed E-state index contributed by atoms with van der Waals surface area (Å²) in [6.07, 6.45) is 0.938. The Morgan fingerprint density at radius 3 is 2.83 bits per heavy atom. The standard InChI is InChI=1S/C13H16F2N2O/c1-7-2-3-9(14)11(12(7)15)8-4-5-17-10(6-8)13(16)18/h2-3,8,10,17H,4-6H2,1H3,(H2,16,18). The van der Waals surface area contributed by atoms with E-state index in [4.69, 9.17) is 5.73 Å². The summed E-state index contributed by atoms with van der Waals surface area (Å²) >= 11 is 0. The molecule has 18 heavy (non-hydrogen) atoms. The lowest BCUT2D eigenvalue weighted by molar-refractivity contribution is -0.120. The number of rotatable bonds is 2. The number of primary amides is 1. The fourth-order valence-electron chi connectivity index (χ4n) is 2.45. The van der Waals surface area contributed by atoms with E-state index in [-0.39, 0.29) is 11.5 Å². The fraction of sp³-hybridized carbons (Fsp3) is 0.462.